The number of rotatable bonds is 7. The number of nitrogens with one attached hydrogen (secondary N) is 1. The third kappa shape index (κ3) is 6.08. The van der Waals surface area contributed by atoms with Crippen LogP contribution in [0.1, 0.15) is 12.0 Å². The summed E-state index contributed by atoms with van der Waals surface area (Å²) in [6, 6.07) is 7.49. The molecule has 1 aromatic rings. The molecule has 1 amide bonds. The second-order valence-corrected chi connectivity index (χ2v) is 5.42. The lowest BCUT2D eigenvalue weighted by Crippen LogP contribution is -2.46. The Kier molecular flexibility index (Phi) is 7.35. The van der Waals surface area contributed by atoms with Gasteiger partial charge in [-0.2, -0.15) is 0 Å². The molecule has 1 aliphatic heterocycles. The quantitative estimate of drug-likeness (QED) is 0.596. The second kappa shape index (κ2) is 9.77. The number of piperazine rings is 1. The van der Waals surface area contributed by atoms with Crippen molar-refractivity contribution in [1.82, 2.24) is 10.2 Å². The molecule has 2 rings (SSSR count). The first-order chi connectivity index (χ1) is 11.7. The first-order valence-corrected chi connectivity index (χ1v) is 8.10. The van der Waals surface area contributed by atoms with E-state index in [0.717, 1.165) is 18.7 Å². The van der Waals surface area contributed by atoms with Gasteiger partial charge in [-0.05, 0) is 24.1 Å². The van der Waals surface area contributed by atoms with Crippen molar-refractivity contribution in [3.8, 4) is 5.75 Å². The molecule has 0 bridgehead atoms. The molecular weight excluding hydrogens is 312 g/mol. The van der Waals surface area contributed by atoms with Crippen molar-refractivity contribution < 1.29 is 23.8 Å². The van der Waals surface area contributed by atoms with Crippen LogP contribution in [-0.2, 0) is 20.7 Å². The summed E-state index contributed by atoms with van der Waals surface area (Å²) in [5.74, 6) is 0.483. The van der Waals surface area contributed by atoms with Gasteiger partial charge in [0, 0.05) is 32.6 Å². The van der Waals surface area contributed by atoms with Crippen LogP contribution in [0.4, 0.5) is 4.79 Å². The fraction of sp³-hybridized carbons (Fsp3) is 0.529. The van der Waals surface area contributed by atoms with Gasteiger partial charge in [-0.3, -0.25) is 4.79 Å². The third-order valence-corrected chi connectivity index (χ3v) is 3.72. The number of methoxy groups -OCH3 is 1. The molecule has 1 fully saturated rings. The zero-order valence-electron chi connectivity index (χ0n) is 14.0. The van der Waals surface area contributed by atoms with Crippen LogP contribution < -0.4 is 10.1 Å². The highest BCUT2D eigenvalue weighted by molar-refractivity contribution is 5.69. The minimum Gasteiger partial charge on any atom is -0.490 e. The molecule has 0 aliphatic carbocycles. The Labute approximate surface area is 141 Å². The summed E-state index contributed by atoms with van der Waals surface area (Å²) in [6.07, 6.45) is 0.701. The summed E-state index contributed by atoms with van der Waals surface area (Å²) in [5, 5.41) is 3.18. The van der Waals surface area contributed by atoms with Gasteiger partial charge in [0.1, 0.15) is 19.0 Å². The van der Waals surface area contributed by atoms with Crippen LogP contribution >= 0.6 is 0 Å². The van der Waals surface area contributed by atoms with Gasteiger partial charge in [0.25, 0.3) is 0 Å². The molecular formula is C17H24N2O5. The summed E-state index contributed by atoms with van der Waals surface area (Å²) < 4.78 is 15.3. The number of aryl methyl sites for hydroxylation is 1. The van der Waals surface area contributed by atoms with Gasteiger partial charge in [-0.15, -0.1) is 0 Å². The van der Waals surface area contributed by atoms with Crippen molar-refractivity contribution in [3.05, 3.63) is 29.8 Å². The molecule has 0 saturated carbocycles. The first-order valence-electron chi connectivity index (χ1n) is 8.10. The molecule has 1 aliphatic rings. The van der Waals surface area contributed by atoms with E-state index in [1.165, 1.54) is 7.11 Å². The average molecular weight is 336 g/mol. The van der Waals surface area contributed by atoms with E-state index < -0.39 is 0 Å². The Balaban J connectivity index is 1.63. The van der Waals surface area contributed by atoms with Crippen molar-refractivity contribution >= 4 is 12.1 Å². The monoisotopic (exact) mass is 336 g/mol. The van der Waals surface area contributed by atoms with E-state index in [9.17, 15) is 9.59 Å². The number of hydrogen-bond acceptors (Lipinski definition) is 6. The molecule has 0 radical (unpaired) electrons. The minimum absolute atomic E-state index is 0.215. The fourth-order valence-corrected chi connectivity index (χ4v) is 2.33. The highest BCUT2D eigenvalue weighted by Crippen LogP contribution is 2.13. The molecule has 0 unspecified atom stereocenters. The lowest BCUT2D eigenvalue weighted by molar-refractivity contribution is -0.140. The molecule has 0 spiro atoms. The van der Waals surface area contributed by atoms with Crippen molar-refractivity contribution in [2.75, 3.05) is 46.5 Å². The topological polar surface area (TPSA) is 77.1 Å². The predicted octanol–water partition coefficient (Wildman–Crippen LogP) is 1.21. The lowest BCUT2D eigenvalue weighted by atomic mass is 10.1. The Bertz CT molecular complexity index is 526. The number of esters is 1. The smallest absolute Gasteiger partial charge is 0.409 e. The van der Waals surface area contributed by atoms with E-state index in [1.807, 2.05) is 24.3 Å². The molecule has 1 aromatic carbocycles. The molecule has 0 atom stereocenters. The van der Waals surface area contributed by atoms with Crippen LogP contribution in [0.15, 0.2) is 24.3 Å². The van der Waals surface area contributed by atoms with Gasteiger partial charge >= 0.3 is 12.1 Å². The van der Waals surface area contributed by atoms with E-state index in [0.29, 0.717) is 38.3 Å². The Hall–Kier alpha value is -2.28. The molecule has 7 heteroatoms. The SMILES string of the molecule is COC(=O)CCc1ccc(OCCOC(=O)N2CCNCC2)cc1. The molecule has 24 heavy (non-hydrogen) atoms. The molecule has 1 saturated heterocycles. The van der Waals surface area contributed by atoms with Crippen molar-refractivity contribution in [2.45, 2.75) is 12.8 Å². The Morgan fingerprint density at radius 3 is 2.50 bits per heavy atom. The van der Waals surface area contributed by atoms with Gasteiger partial charge in [0.05, 0.1) is 7.11 Å². The zero-order valence-corrected chi connectivity index (χ0v) is 14.0. The van der Waals surface area contributed by atoms with Crippen LogP contribution in [0.2, 0.25) is 0 Å². The fourth-order valence-electron chi connectivity index (χ4n) is 2.33. The van der Waals surface area contributed by atoms with Gasteiger partial charge < -0.3 is 24.4 Å². The van der Waals surface area contributed by atoms with Gasteiger partial charge in [0.2, 0.25) is 0 Å². The van der Waals surface area contributed by atoms with Crippen LogP contribution in [-0.4, -0.2) is 63.5 Å². The summed E-state index contributed by atoms with van der Waals surface area (Å²) in [5.41, 5.74) is 1.04. The maximum Gasteiger partial charge on any atom is 0.409 e. The standard InChI is InChI=1S/C17H24N2O5/c1-22-16(20)7-4-14-2-5-15(6-3-14)23-12-13-24-17(21)19-10-8-18-9-11-19/h2-3,5-6,18H,4,7-13H2,1H3. The van der Waals surface area contributed by atoms with E-state index in [2.05, 4.69) is 10.1 Å². The maximum absolute atomic E-state index is 11.8. The number of carbonyl (C=O) groups excluding carboxylic acids is 2. The van der Waals surface area contributed by atoms with Gasteiger partial charge in [-0.1, -0.05) is 12.1 Å². The summed E-state index contributed by atoms with van der Waals surface area (Å²) in [4.78, 5) is 24.6. The van der Waals surface area contributed by atoms with Crippen molar-refractivity contribution in [2.24, 2.45) is 0 Å². The van der Waals surface area contributed by atoms with Crippen molar-refractivity contribution in [3.63, 3.8) is 0 Å². The van der Waals surface area contributed by atoms with E-state index in [-0.39, 0.29) is 18.7 Å². The Morgan fingerprint density at radius 1 is 1.12 bits per heavy atom. The number of carbonyl (C=O) groups is 2. The van der Waals surface area contributed by atoms with Crippen LogP contribution in [0, 0.1) is 0 Å². The number of amides is 1. The zero-order chi connectivity index (χ0) is 17.2. The van der Waals surface area contributed by atoms with Gasteiger partial charge in [0.15, 0.2) is 0 Å². The van der Waals surface area contributed by atoms with Crippen LogP contribution in [0.3, 0.4) is 0 Å². The van der Waals surface area contributed by atoms with Crippen LogP contribution in [0.5, 0.6) is 5.75 Å². The number of nitrogens with zero attached hydrogens (tertiary/aromatic N) is 1. The first kappa shape index (κ1) is 18.1. The summed E-state index contributed by atoms with van der Waals surface area (Å²) in [6.45, 7) is 3.47. The maximum atomic E-state index is 11.8. The number of benzene rings is 1. The Morgan fingerprint density at radius 2 is 1.83 bits per heavy atom. The average Bonchev–Trinajstić information content (AvgIpc) is 2.64. The predicted molar refractivity (Wildman–Crippen MR) is 88.1 cm³/mol. The molecule has 132 valence electrons. The van der Waals surface area contributed by atoms with Crippen LogP contribution in [0.25, 0.3) is 0 Å². The number of ether oxygens (including phenoxy) is 3. The molecule has 1 heterocycles. The second-order valence-electron chi connectivity index (χ2n) is 5.42. The number of hydrogen-bond donors (Lipinski definition) is 1. The van der Waals surface area contributed by atoms with Crippen molar-refractivity contribution in [1.29, 1.82) is 0 Å². The molecule has 1 N–H and O–H groups in total. The highest BCUT2D eigenvalue weighted by atomic mass is 16.6. The summed E-state index contributed by atoms with van der Waals surface area (Å²) >= 11 is 0. The summed E-state index contributed by atoms with van der Waals surface area (Å²) in [7, 11) is 1.38. The lowest BCUT2D eigenvalue weighted by Gasteiger charge is -2.26. The largest absolute Gasteiger partial charge is 0.490 e. The van der Waals surface area contributed by atoms with E-state index >= 15 is 0 Å². The van der Waals surface area contributed by atoms with Gasteiger partial charge in [-0.25, -0.2) is 4.79 Å². The molecule has 0 aromatic heterocycles. The highest BCUT2D eigenvalue weighted by Gasteiger charge is 2.16. The normalized spacial score (nSPS) is 14.1. The molecule has 7 nitrogen and oxygen atoms in total. The minimum atomic E-state index is -0.293. The van der Waals surface area contributed by atoms with E-state index in [1.54, 1.807) is 4.90 Å². The third-order valence-electron chi connectivity index (χ3n) is 3.72. The van der Waals surface area contributed by atoms with E-state index in [4.69, 9.17) is 9.47 Å².